The molecule has 2 heterocycles. The van der Waals surface area contributed by atoms with Gasteiger partial charge < -0.3 is 4.74 Å². The molecule has 6 rings (SSSR count). The summed E-state index contributed by atoms with van der Waals surface area (Å²) >= 11 is 6.12. The van der Waals surface area contributed by atoms with Crippen molar-refractivity contribution in [1.82, 2.24) is 19.3 Å². The summed E-state index contributed by atoms with van der Waals surface area (Å²) in [6.45, 7) is 0. The Labute approximate surface area is 211 Å². The molecule has 0 N–H and O–H groups in total. The molecule has 174 valence electrons. The second-order valence-corrected chi connectivity index (χ2v) is 8.56. The van der Waals surface area contributed by atoms with Crippen LogP contribution in [0.1, 0.15) is 0 Å². The van der Waals surface area contributed by atoms with Crippen molar-refractivity contribution in [3.63, 3.8) is 0 Å². The first-order valence-electron chi connectivity index (χ1n) is 11.3. The van der Waals surface area contributed by atoms with Crippen LogP contribution < -0.4 is 10.3 Å². The lowest BCUT2D eigenvalue weighted by Gasteiger charge is -2.14. The highest BCUT2D eigenvalue weighted by atomic mass is 35.5. The third kappa shape index (κ3) is 4.04. The monoisotopic (exact) mass is 490 g/mol. The van der Waals surface area contributed by atoms with E-state index in [0.717, 1.165) is 17.0 Å². The number of fused-ring (bicyclic) bond motifs is 1. The molecule has 0 atom stereocenters. The molecule has 0 fully saturated rings. The van der Waals surface area contributed by atoms with Crippen LogP contribution in [0.3, 0.4) is 0 Å². The van der Waals surface area contributed by atoms with Crippen molar-refractivity contribution in [3.05, 3.63) is 131 Å². The second-order valence-electron chi connectivity index (χ2n) is 8.12. The molecular formula is C29H19ClN4O2. The molecular weight excluding hydrogens is 472 g/mol. The molecule has 0 amide bonds. The molecule has 0 saturated carbocycles. The highest BCUT2D eigenvalue weighted by molar-refractivity contribution is 6.30. The maximum atomic E-state index is 13.8. The van der Waals surface area contributed by atoms with Crippen molar-refractivity contribution in [2.24, 2.45) is 0 Å². The van der Waals surface area contributed by atoms with E-state index in [-0.39, 0.29) is 5.56 Å². The topological polar surface area (TPSA) is 61.9 Å². The van der Waals surface area contributed by atoms with E-state index in [4.69, 9.17) is 21.3 Å². The van der Waals surface area contributed by atoms with Crippen molar-refractivity contribution >= 4 is 22.6 Å². The predicted octanol–water partition coefficient (Wildman–Crippen LogP) is 6.68. The van der Waals surface area contributed by atoms with Crippen LogP contribution in [0.5, 0.6) is 11.5 Å². The van der Waals surface area contributed by atoms with E-state index < -0.39 is 0 Å². The van der Waals surface area contributed by atoms with Gasteiger partial charge in [-0.1, -0.05) is 48.0 Å². The number of hydrogen-bond acceptors (Lipinski definition) is 4. The molecule has 0 unspecified atom stereocenters. The van der Waals surface area contributed by atoms with Crippen molar-refractivity contribution in [3.8, 4) is 34.3 Å². The van der Waals surface area contributed by atoms with Gasteiger partial charge >= 0.3 is 0 Å². The minimum absolute atomic E-state index is 0.218. The summed E-state index contributed by atoms with van der Waals surface area (Å²) in [5.74, 6) is 1.91. The lowest BCUT2D eigenvalue weighted by Crippen LogP contribution is -2.22. The van der Waals surface area contributed by atoms with Gasteiger partial charge in [-0.15, -0.1) is 0 Å². The summed E-state index contributed by atoms with van der Waals surface area (Å²) in [6.07, 6.45) is 1.56. The van der Waals surface area contributed by atoms with Gasteiger partial charge in [-0.25, -0.2) is 9.67 Å². The summed E-state index contributed by atoms with van der Waals surface area (Å²) in [7, 11) is 0. The highest BCUT2D eigenvalue weighted by Gasteiger charge is 2.18. The summed E-state index contributed by atoms with van der Waals surface area (Å²) < 4.78 is 9.20. The normalized spacial score (nSPS) is 11.0. The van der Waals surface area contributed by atoms with Gasteiger partial charge in [-0.2, -0.15) is 5.10 Å². The van der Waals surface area contributed by atoms with E-state index in [1.165, 1.54) is 0 Å². The minimum atomic E-state index is -0.218. The summed E-state index contributed by atoms with van der Waals surface area (Å²) in [5, 5.41) is 5.47. The van der Waals surface area contributed by atoms with Crippen LogP contribution in [-0.2, 0) is 0 Å². The molecule has 36 heavy (non-hydrogen) atoms. The maximum absolute atomic E-state index is 13.8. The average Bonchev–Trinajstić information content (AvgIpc) is 3.35. The molecule has 0 spiro atoms. The third-order valence-corrected chi connectivity index (χ3v) is 6.03. The van der Waals surface area contributed by atoms with Crippen LogP contribution in [-0.4, -0.2) is 19.3 Å². The molecule has 0 saturated heterocycles. The summed E-state index contributed by atoms with van der Waals surface area (Å²) in [4.78, 5) is 18.7. The minimum Gasteiger partial charge on any atom is -0.457 e. The lowest BCUT2D eigenvalue weighted by atomic mass is 10.1. The fourth-order valence-electron chi connectivity index (χ4n) is 4.05. The lowest BCUT2D eigenvalue weighted by molar-refractivity contribution is 0.483. The number of nitrogens with zero attached hydrogens (tertiary/aromatic N) is 4. The zero-order chi connectivity index (χ0) is 24.5. The number of rotatable bonds is 5. The SMILES string of the molecule is O=c1c2cnn(-c3ccccc3)c2nc(-c2ccc(Oc3ccccc3)cc2)n1-c1ccc(Cl)cc1. The molecule has 0 aliphatic heterocycles. The molecule has 2 aromatic heterocycles. The fourth-order valence-corrected chi connectivity index (χ4v) is 4.17. The molecule has 6 nitrogen and oxygen atoms in total. The molecule has 0 radical (unpaired) electrons. The Hall–Kier alpha value is -4.68. The van der Waals surface area contributed by atoms with Crippen LogP contribution in [0, 0.1) is 0 Å². The van der Waals surface area contributed by atoms with Crippen LogP contribution in [0.2, 0.25) is 5.02 Å². The Morgan fingerprint density at radius 2 is 1.33 bits per heavy atom. The quantitative estimate of drug-likeness (QED) is 0.270. The molecule has 0 aliphatic carbocycles. The Balaban J connectivity index is 1.53. The number of ether oxygens (including phenoxy) is 1. The van der Waals surface area contributed by atoms with Gasteiger partial charge in [-0.05, 0) is 72.8 Å². The van der Waals surface area contributed by atoms with Crippen LogP contribution >= 0.6 is 11.6 Å². The van der Waals surface area contributed by atoms with Gasteiger partial charge in [0.25, 0.3) is 5.56 Å². The van der Waals surface area contributed by atoms with Crippen molar-refractivity contribution in [1.29, 1.82) is 0 Å². The van der Waals surface area contributed by atoms with Gasteiger partial charge in [-0.3, -0.25) is 9.36 Å². The largest absolute Gasteiger partial charge is 0.457 e. The van der Waals surface area contributed by atoms with E-state index in [1.807, 2.05) is 84.9 Å². The smallest absolute Gasteiger partial charge is 0.269 e. The second kappa shape index (κ2) is 9.17. The summed E-state index contributed by atoms with van der Waals surface area (Å²) in [5.41, 5.74) is 2.50. The zero-order valence-corrected chi connectivity index (χ0v) is 19.7. The maximum Gasteiger partial charge on any atom is 0.269 e. The Morgan fingerprint density at radius 3 is 2.03 bits per heavy atom. The van der Waals surface area contributed by atoms with Gasteiger partial charge in [0, 0.05) is 10.6 Å². The Kier molecular flexibility index (Phi) is 5.56. The molecule has 4 aromatic carbocycles. The van der Waals surface area contributed by atoms with Crippen LogP contribution in [0.15, 0.2) is 120 Å². The van der Waals surface area contributed by atoms with Crippen LogP contribution in [0.4, 0.5) is 0 Å². The molecule has 0 aliphatic rings. The number of aromatic nitrogens is 4. The molecule has 7 heteroatoms. The Bertz CT molecular complexity index is 1710. The first-order valence-corrected chi connectivity index (χ1v) is 11.7. The zero-order valence-electron chi connectivity index (χ0n) is 19.0. The van der Waals surface area contributed by atoms with Gasteiger partial charge in [0.2, 0.25) is 0 Å². The van der Waals surface area contributed by atoms with E-state index in [1.54, 1.807) is 39.7 Å². The van der Waals surface area contributed by atoms with Crippen LogP contribution in [0.25, 0.3) is 33.8 Å². The highest BCUT2D eigenvalue weighted by Crippen LogP contribution is 2.27. The number of halogens is 1. The summed E-state index contributed by atoms with van der Waals surface area (Å²) in [6, 6.07) is 33.8. The van der Waals surface area contributed by atoms with E-state index in [2.05, 4.69) is 5.10 Å². The first-order chi connectivity index (χ1) is 17.7. The fraction of sp³-hybridized carbons (Fsp3) is 0. The first kappa shape index (κ1) is 21.8. The van der Waals surface area contributed by atoms with E-state index >= 15 is 0 Å². The van der Waals surface area contributed by atoms with E-state index in [0.29, 0.717) is 33.3 Å². The average molecular weight is 491 g/mol. The number of benzene rings is 4. The van der Waals surface area contributed by atoms with Gasteiger partial charge in [0.15, 0.2) is 5.65 Å². The standard InChI is InChI=1S/C29H19ClN4O2/c30-21-13-15-22(16-14-21)33-27(20-11-17-25(18-12-20)36-24-9-5-2-6-10-24)32-28-26(29(33)35)19-31-34(28)23-7-3-1-4-8-23/h1-19H. The molecule has 6 aromatic rings. The van der Waals surface area contributed by atoms with Crippen molar-refractivity contribution in [2.45, 2.75) is 0 Å². The number of hydrogen-bond donors (Lipinski definition) is 0. The Morgan fingerprint density at radius 1 is 0.694 bits per heavy atom. The van der Waals surface area contributed by atoms with Gasteiger partial charge in [0.1, 0.15) is 22.7 Å². The van der Waals surface area contributed by atoms with Gasteiger partial charge in [0.05, 0.1) is 17.6 Å². The predicted molar refractivity (Wildman–Crippen MR) is 141 cm³/mol. The van der Waals surface area contributed by atoms with E-state index in [9.17, 15) is 4.79 Å². The molecule has 0 bridgehead atoms. The third-order valence-electron chi connectivity index (χ3n) is 5.78. The van der Waals surface area contributed by atoms with Crippen molar-refractivity contribution in [2.75, 3.05) is 0 Å². The van der Waals surface area contributed by atoms with Crippen molar-refractivity contribution < 1.29 is 4.74 Å². The number of para-hydroxylation sites is 2.